The minimum atomic E-state index is -0.489. The number of rotatable bonds is 4. The van der Waals surface area contributed by atoms with Gasteiger partial charge in [0.2, 0.25) is 0 Å². The maximum Gasteiger partial charge on any atom is 0.125 e. The normalized spacial score (nSPS) is 24.5. The molecule has 1 aromatic rings. The van der Waals surface area contributed by atoms with Gasteiger partial charge in [-0.25, -0.2) is 4.39 Å². The number of ether oxygens (including phenoxy) is 1. The Morgan fingerprint density at radius 3 is 2.69 bits per heavy atom. The quantitative estimate of drug-likeness (QED) is 0.847. The molecular weight excluding hydrogens is 207 g/mol. The van der Waals surface area contributed by atoms with E-state index < -0.39 is 6.10 Å². The van der Waals surface area contributed by atoms with E-state index in [0.717, 1.165) is 5.56 Å². The van der Waals surface area contributed by atoms with Gasteiger partial charge in [0, 0.05) is 12.5 Å². The first-order valence-electron chi connectivity index (χ1n) is 5.43. The van der Waals surface area contributed by atoms with Gasteiger partial charge in [-0.3, -0.25) is 0 Å². The number of hydrogen-bond acceptors (Lipinski definition) is 2. The molecule has 1 aliphatic carbocycles. The van der Waals surface area contributed by atoms with Crippen LogP contribution in [0.4, 0.5) is 4.39 Å². The van der Waals surface area contributed by atoms with Gasteiger partial charge in [-0.2, -0.15) is 0 Å². The lowest BCUT2D eigenvalue weighted by atomic mass is 10.1. The summed E-state index contributed by atoms with van der Waals surface area (Å²) in [5.74, 6) is -0.351. The SMILES string of the molecule is OC[C@@H]1C=C(F)[C@@H](OCc2ccccc2)C1. The van der Waals surface area contributed by atoms with Crippen molar-refractivity contribution in [3.05, 3.63) is 47.8 Å². The van der Waals surface area contributed by atoms with E-state index in [-0.39, 0.29) is 18.4 Å². The van der Waals surface area contributed by atoms with Crippen LogP contribution in [-0.4, -0.2) is 17.8 Å². The molecule has 1 aromatic carbocycles. The smallest absolute Gasteiger partial charge is 0.125 e. The molecule has 0 heterocycles. The van der Waals surface area contributed by atoms with Crippen LogP contribution in [-0.2, 0) is 11.3 Å². The second-order valence-corrected chi connectivity index (χ2v) is 4.02. The molecule has 2 atom stereocenters. The van der Waals surface area contributed by atoms with E-state index in [1.807, 2.05) is 30.3 Å². The zero-order valence-corrected chi connectivity index (χ0v) is 8.97. The molecule has 0 radical (unpaired) electrons. The molecular formula is C13H15FO2. The van der Waals surface area contributed by atoms with Crippen LogP contribution in [0.5, 0.6) is 0 Å². The number of aliphatic hydroxyl groups is 1. The lowest BCUT2D eigenvalue weighted by Gasteiger charge is -2.12. The molecule has 0 saturated carbocycles. The standard InChI is InChI=1S/C13H15FO2/c14-12-6-11(8-15)7-13(12)16-9-10-4-2-1-3-5-10/h1-6,11,13,15H,7-9H2/t11-,13+/m1/s1. The highest BCUT2D eigenvalue weighted by Crippen LogP contribution is 2.28. The Labute approximate surface area is 94.4 Å². The highest BCUT2D eigenvalue weighted by molar-refractivity contribution is 5.15. The minimum absolute atomic E-state index is 0.0153. The molecule has 86 valence electrons. The van der Waals surface area contributed by atoms with Crippen molar-refractivity contribution < 1.29 is 14.2 Å². The van der Waals surface area contributed by atoms with E-state index in [0.29, 0.717) is 13.0 Å². The van der Waals surface area contributed by atoms with E-state index in [2.05, 4.69) is 0 Å². The summed E-state index contributed by atoms with van der Waals surface area (Å²) in [6.45, 7) is 0.392. The Morgan fingerprint density at radius 1 is 1.31 bits per heavy atom. The van der Waals surface area contributed by atoms with Gasteiger partial charge in [-0.1, -0.05) is 30.3 Å². The molecule has 0 aliphatic heterocycles. The van der Waals surface area contributed by atoms with Crippen LogP contribution < -0.4 is 0 Å². The lowest BCUT2D eigenvalue weighted by molar-refractivity contribution is 0.0438. The summed E-state index contributed by atoms with van der Waals surface area (Å²) in [5.41, 5.74) is 1.03. The largest absolute Gasteiger partial charge is 0.396 e. The Kier molecular flexibility index (Phi) is 3.70. The minimum Gasteiger partial charge on any atom is -0.396 e. The number of benzene rings is 1. The van der Waals surface area contributed by atoms with E-state index in [9.17, 15) is 4.39 Å². The first kappa shape index (κ1) is 11.3. The van der Waals surface area contributed by atoms with E-state index >= 15 is 0 Å². The Morgan fingerprint density at radius 2 is 2.06 bits per heavy atom. The molecule has 0 saturated heterocycles. The zero-order valence-electron chi connectivity index (χ0n) is 8.97. The molecule has 2 nitrogen and oxygen atoms in total. The van der Waals surface area contributed by atoms with Gasteiger partial charge in [0.1, 0.15) is 11.9 Å². The van der Waals surface area contributed by atoms with Crippen molar-refractivity contribution in [2.45, 2.75) is 19.1 Å². The van der Waals surface area contributed by atoms with Gasteiger partial charge in [0.15, 0.2) is 0 Å². The summed E-state index contributed by atoms with van der Waals surface area (Å²) in [6, 6.07) is 9.67. The van der Waals surface area contributed by atoms with Crippen molar-refractivity contribution in [2.75, 3.05) is 6.61 Å². The highest BCUT2D eigenvalue weighted by Gasteiger charge is 2.26. The van der Waals surface area contributed by atoms with E-state index in [4.69, 9.17) is 9.84 Å². The van der Waals surface area contributed by atoms with Crippen molar-refractivity contribution in [1.82, 2.24) is 0 Å². The van der Waals surface area contributed by atoms with Crippen molar-refractivity contribution in [2.24, 2.45) is 5.92 Å². The first-order valence-corrected chi connectivity index (χ1v) is 5.43. The van der Waals surface area contributed by atoms with E-state index in [1.54, 1.807) is 0 Å². The third-order valence-electron chi connectivity index (χ3n) is 2.75. The molecule has 0 aromatic heterocycles. The summed E-state index contributed by atoms with van der Waals surface area (Å²) in [4.78, 5) is 0. The number of aliphatic hydroxyl groups excluding tert-OH is 1. The van der Waals surface area contributed by atoms with Crippen molar-refractivity contribution >= 4 is 0 Å². The van der Waals surface area contributed by atoms with Crippen molar-refractivity contribution in [1.29, 1.82) is 0 Å². The van der Waals surface area contributed by atoms with Crippen LogP contribution in [0.25, 0.3) is 0 Å². The topological polar surface area (TPSA) is 29.5 Å². The maximum atomic E-state index is 13.4. The summed E-state index contributed by atoms with van der Waals surface area (Å²) in [6.07, 6.45) is 1.50. The number of hydrogen-bond donors (Lipinski definition) is 1. The average Bonchev–Trinajstić information content (AvgIpc) is 2.69. The van der Waals surface area contributed by atoms with Crippen LogP contribution >= 0.6 is 0 Å². The number of halogens is 1. The molecule has 2 rings (SSSR count). The summed E-state index contributed by atoms with van der Waals surface area (Å²) in [5, 5.41) is 8.92. The van der Waals surface area contributed by atoms with Crippen LogP contribution in [0.2, 0.25) is 0 Å². The van der Waals surface area contributed by atoms with Gasteiger partial charge in [-0.05, 0) is 18.1 Å². The van der Waals surface area contributed by atoms with E-state index in [1.165, 1.54) is 6.08 Å². The molecule has 16 heavy (non-hydrogen) atoms. The third kappa shape index (κ3) is 2.68. The molecule has 0 spiro atoms. The van der Waals surface area contributed by atoms with Crippen LogP contribution in [0.15, 0.2) is 42.2 Å². The second kappa shape index (κ2) is 5.23. The predicted octanol–water partition coefficient (Wildman–Crippen LogP) is 2.44. The monoisotopic (exact) mass is 222 g/mol. The summed E-state index contributed by atoms with van der Waals surface area (Å²) >= 11 is 0. The van der Waals surface area contributed by atoms with Gasteiger partial charge in [-0.15, -0.1) is 0 Å². The third-order valence-corrected chi connectivity index (χ3v) is 2.75. The fourth-order valence-electron chi connectivity index (χ4n) is 1.83. The van der Waals surface area contributed by atoms with Crippen LogP contribution in [0.1, 0.15) is 12.0 Å². The predicted molar refractivity (Wildman–Crippen MR) is 59.4 cm³/mol. The summed E-state index contributed by atoms with van der Waals surface area (Å²) < 4.78 is 18.8. The van der Waals surface area contributed by atoms with Gasteiger partial charge in [0.05, 0.1) is 6.61 Å². The molecule has 1 N–H and O–H groups in total. The average molecular weight is 222 g/mol. The molecule has 0 amide bonds. The van der Waals surface area contributed by atoms with Gasteiger partial charge >= 0.3 is 0 Å². The first-order chi connectivity index (χ1) is 7.79. The van der Waals surface area contributed by atoms with Gasteiger partial charge < -0.3 is 9.84 Å². The Balaban J connectivity index is 1.86. The maximum absolute atomic E-state index is 13.4. The molecule has 0 unspecified atom stereocenters. The summed E-state index contributed by atoms with van der Waals surface area (Å²) in [7, 11) is 0. The zero-order chi connectivity index (χ0) is 11.4. The lowest BCUT2D eigenvalue weighted by Crippen LogP contribution is -2.12. The van der Waals surface area contributed by atoms with Crippen molar-refractivity contribution in [3.8, 4) is 0 Å². The molecule has 0 bridgehead atoms. The van der Waals surface area contributed by atoms with Gasteiger partial charge in [0.25, 0.3) is 0 Å². The van der Waals surface area contributed by atoms with Crippen LogP contribution in [0, 0.1) is 5.92 Å². The fraction of sp³-hybridized carbons (Fsp3) is 0.385. The fourth-order valence-corrected chi connectivity index (χ4v) is 1.83. The highest BCUT2D eigenvalue weighted by atomic mass is 19.1. The molecule has 1 aliphatic rings. The Hall–Kier alpha value is -1.19. The Bertz CT molecular complexity index is 361. The van der Waals surface area contributed by atoms with Crippen LogP contribution in [0.3, 0.4) is 0 Å². The second-order valence-electron chi connectivity index (χ2n) is 4.02. The molecule has 3 heteroatoms. The van der Waals surface area contributed by atoms with Crippen molar-refractivity contribution in [3.63, 3.8) is 0 Å². The molecule has 0 fully saturated rings.